The topological polar surface area (TPSA) is 52.6 Å². The van der Waals surface area contributed by atoms with Crippen molar-refractivity contribution >= 4 is 11.9 Å². The van der Waals surface area contributed by atoms with Crippen LogP contribution in [0.4, 0.5) is 0 Å². The van der Waals surface area contributed by atoms with E-state index in [2.05, 4.69) is 6.92 Å². The summed E-state index contributed by atoms with van der Waals surface area (Å²) in [4.78, 5) is 24.2. The van der Waals surface area contributed by atoms with Gasteiger partial charge in [0.1, 0.15) is 0 Å². The minimum atomic E-state index is -0.401. The van der Waals surface area contributed by atoms with E-state index in [1.165, 1.54) is 0 Å². The summed E-state index contributed by atoms with van der Waals surface area (Å²) in [5.41, 5.74) is 0.940. The van der Waals surface area contributed by atoms with Gasteiger partial charge in [-0.05, 0) is 32.6 Å². The van der Waals surface area contributed by atoms with Gasteiger partial charge in [0.2, 0.25) is 0 Å². The first-order valence-corrected chi connectivity index (χ1v) is 7.56. The van der Waals surface area contributed by atoms with Crippen LogP contribution in [0, 0.1) is 5.92 Å². The highest BCUT2D eigenvalue weighted by molar-refractivity contribution is 6.00. The first-order chi connectivity index (χ1) is 9.49. The predicted molar refractivity (Wildman–Crippen MR) is 79.3 cm³/mol. The summed E-state index contributed by atoms with van der Waals surface area (Å²) in [6.45, 7) is 10.0. The van der Waals surface area contributed by atoms with Crippen molar-refractivity contribution in [2.24, 2.45) is 5.92 Å². The van der Waals surface area contributed by atoms with Crippen LogP contribution in [0.3, 0.4) is 0 Å². The number of hydrogen-bond donors (Lipinski definition) is 0. The second kappa shape index (κ2) is 10.5. The minimum Gasteiger partial charge on any atom is -0.463 e. The van der Waals surface area contributed by atoms with Crippen LogP contribution in [-0.2, 0) is 19.1 Å². The molecular weight excluding hydrogens is 256 g/mol. The van der Waals surface area contributed by atoms with E-state index in [1.807, 2.05) is 13.8 Å². The number of esters is 2. The Morgan fingerprint density at radius 1 is 0.900 bits per heavy atom. The fraction of sp³-hybridized carbons (Fsp3) is 0.750. The molecule has 4 heteroatoms. The second-order valence-electron chi connectivity index (χ2n) is 4.94. The molecule has 0 aromatic heterocycles. The molecule has 0 bridgehead atoms. The van der Waals surface area contributed by atoms with E-state index in [0.717, 1.165) is 19.3 Å². The summed E-state index contributed by atoms with van der Waals surface area (Å²) in [5, 5.41) is 0. The van der Waals surface area contributed by atoms with E-state index in [-0.39, 0.29) is 11.9 Å². The van der Waals surface area contributed by atoms with E-state index >= 15 is 0 Å². The van der Waals surface area contributed by atoms with Crippen molar-refractivity contribution in [3.05, 3.63) is 11.1 Å². The molecule has 0 heterocycles. The zero-order chi connectivity index (χ0) is 15.5. The Hall–Kier alpha value is -1.32. The molecule has 0 spiro atoms. The monoisotopic (exact) mass is 284 g/mol. The van der Waals surface area contributed by atoms with E-state index in [4.69, 9.17) is 9.47 Å². The molecule has 0 aliphatic carbocycles. The fourth-order valence-electron chi connectivity index (χ4n) is 2.03. The molecule has 0 saturated heterocycles. The molecule has 0 rings (SSSR count). The molecule has 116 valence electrons. The maximum absolute atomic E-state index is 12.1. The van der Waals surface area contributed by atoms with Gasteiger partial charge >= 0.3 is 11.9 Å². The Kier molecular flexibility index (Phi) is 9.77. The standard InChI is InChI=1S/C16H28O4/c1-6-9-10-11-13(15(17)19-7-2)14(12(4)5)16(18)20-8-3/h12H,6-11H2,1-5H3/b14-13-. The first-order valence-electron chi connectivity index (χ1n) is 7.56. The van der Waals surface area contributed by atoms with Gasteiger partial charge in [0.15, 0.2) is 0 Å². The molecule has 0 aliphatic rings. The number of carbonyl (C=O) groups excluding carboxylic acids is 2. The van der Waals surface area contributed by atoms with Crippen LogP contribution in [0.15, 0.2) is 11.1 Å². The lowest BCUT2D eigenvalue weighted by Gasteiger charge is -2.16. The van der Waals surface area contributed by atoms with Crippen molar-refractivity contribution in [1.29, 1.82) is 0 Å². The van der Waals surface area contributed by atoms with Crippen LogP contribution in [0.25, 0.3) is 0 Å². The maximum Gasteiger partial charge on any atom is 0.334 e. The normalized spacial score (nSPS) is 12.1. The average Bonchev–Trinajstić information content (AvgIpc) is 2.37. The largest absolute Gasteiger partial charge is 0.463 e. The predicted octanol–water partition coefficient (Wildman–Crippen LogP) is 3.65. The summed E-state index contributed by atoms with van der Waals surface area (Å²) in [6.07, 6.45) is 3.53. The highest BCUT2D eigenvalue weighted by Crippen LogP contribution is 2.23. The molecule has 0 radical (unpaired) electrons. The zero-order valence-electron chi connectivity index (χ0n) is 13.5. The average molecular weight is 284 g/mol. The molecule has 0 N–H and O–H groups in total. The van der Waals surface area contributed by atoms with Gasteiger partial charge in [0.05, 0.1) is 18.8 Å². The van der Waals surface area contributed by atoms with Gasteiger partial charge in [-0.15, -0.1) is 0 Å². The SMILES string of the molecule is CCCCC/C(C(=O)OCC)=C(/C(=O)OCC)C(C)C. The molecule has 0 amide bonds. The number of unbranched alkanes of at least 4 members (excludes halogenated alkanes) is 2. The lowest BCUT2D eigenvalue weighted by atomic mass is 9.93. The molecular formula is C16H28O4. The van der Waals surface area contributed by atoms with Crippen LogP contribution in [0.2, 0.25) is 0 Å². The van der Waals surface area contributed by atoms with E-state index in [1.54, 1.807) is 13.8 Å². The van der Waals surface area contributed by atoms with Gasteiger partial charge < -0.3 is 9.47 Å². The van der Waals surface area contributed by atoms with E-state index in [9.17, 15) is 9.59 Å². The van der Waals surface area contributed by atoms with Gasteiger partial charge in [-0.1, -0.05) is 33.6 Å². The lowest BCUT2D eigenvalue weighted by molar-refractivity contribution is -0.142. The van der Waals surface area contributed by atoms with Gasteiger partial charge in [-0.3, -0.25) is 0 Å². The molecule has 0 saturated carbocycles. The van der Waals surface area contributed by atoms with Crippen LogP contribution >= 0.6 is 0 Å². The van der Waals surface area contributed by atoms with Crippen molar-refractivity contribution in [2.45, 2.75) is 60.3 Å². The third-order valence-corrected chi connectivity index (χ3v) is 2.95. The Balaban J connectivity index is 5.36. The van der Waals surface area contributed by atoms with Gasteiger partial charge in [0.25, 0.3) is 0 Å². The summed E-state index contributed by atoms with van der Waals surface area (Å²) in [5.74, 6) is -0.850. The third-order valence-electron chi connectivity index (χ3n) is 2.95. The molecule has 0 atom stereocenters. The Labute approximate surface area is 122 Å². The van der Waals surface area contributed by atoms with Crippen LogP contribution in [-0.4, -0.2) is 25.2 Å². The number of ether oxygens (including phenoxy) is 2. The summed E-state index contributed by atoms with van der Waals surface area (Å²) < 4.78 is 10.2. The van der Waals surface area contributed by atoms with E-state index < -0.39 is 5.97 Å². The molecule has 20 heavy (non-hydrogen) atoms. The molecule has 0 fully saturated rings. The lowest BCUT2D eigenvalue weighted by Crippen LogP contribution is -2.20. The Morgan fingerprint density at radius 3 is 1.90 bits per heavy atom. The Morgan fingerprint density at radius 2 is 1.45 bits per heavy atom. The van der Waals surface area contributed by atoms with Crippen molar-refractivity contribution in [3.8, 4) is 0 Å². The molecule has 4 nitrogen and oxygen atoms in total. The van der Waals surface area contributed by atoms with E-state index in [0.29, 0.717) is 30.8 Å². The van der Waals surface area contributed by atoms with Crippen LogP contribution in [0.5, 0.6) is 0 Å². The summed E-state index contributed by atoms with van der Waals surface area (Å²) >= 11 is 0. The first kappa shape index (κ1) is 18.7. The van der Waals surface area contributed by atoms with Crippen molar-refractivity contribution < 1.29 is 19.1 Å². The van der Waals surface area contributed by atoms with Gasteiger partial charge in [-0.25, -0.2) is 9.59 Å². The quantitative estimate of drug-likeness (QED) is 0.368. The highest BCUT2D eigenvalue weighted by atomic mass is 16.5. The summed E-state index contributed by atoms with van der Waals surface area (Å²) in [6, 6.07) is 0. The second-order valence-corrected chi connectivity index (χ2v) is 4.94. The Bertz CT molecular complexity index is 342. The maximum atomic E-state index is 12.1. The molecule has 0 aromatic carbocycles. The number of rotatable bonds is 9. The number of hydrogen-bond acceptors (Lipinski definition) is 4. The highest BCUT2D eigenvalue weighted by Gasteiger charge is 2.25. The minimum absolute atomic E-state index is 0.0601. The van der Waals surface area contributed by atoms with Crippen molar-refractivity contribution in [3.63, 3.8) is 0 Å². The van der Waals surface area contributed by atoms with Crippen molar-refractivity contribution in [2.75, 3.05) is 13.2 Å². The van der Waals surface area contributed by atoms with Crippen LogP contribution < -0.4 is 0 Å². The zero-order valence-corrected chi connectivity index (χ0v) is 13.5. The fourth-order valence-corrected chi connectivity index (χ4v) is 2.03. The van der Waals surface area contributed by atoms with Gasteiger partial charge in [0, 0.05) is 5.57 Å². The third kappa shape index (κ3) is 6.22. The molecule has 0 aromatic rings. The van der Waals surface area contributed by atoms with Crippen LogP contribution in [0.1, 0.15) is 60.3 Å². The molecule has 0 aliphatic heterocycles. The summed E-state index contributed by atoms with van der Waals surface area (Å²) in [7, 11) is 0. The van der Waals surface area contributed by atoms with Crippen molar-refractivity contribution in [1.82, 2.24) is 0 Å². The molecule has 0 unspecified atom stereocenters. The van der Waals surface area contributed by atoms with Gasteiger partial charge in [-0.2, -0.15) is 0 Å². The smallest absolute Gasteiger partial charge is 0.334 e. The number of carbonyl (C=O) groups is 2.